The van der Waals surface area contributed by atoms with Crippen molar-refractivity contribution >= 4 is 29.6 Å². The van der Waals surface area contributed by atoms with Crippen molar-refractivity contribution in [2.75, 3.05) is 32.8 Å². The minimum atomic E-state index is 0. The monoisotopic (exact) mass is 138 g/mol. The van der Waals surface area contributed by atoms with Gasteiger partial charge < -0.3 is 4.74 Å². The van der Waals surface area contributed by atoms with Crippen LogP contribution in [0.3, 0.4) is 0 Å². The van der Waals surface area contributed by atoms with E-state index in [-0.39, 0.29) is 29.6 Å². The van der Waals surface area contributed by atoms with Crippen molar-refractivity contribution in [1.82, 2.24) is 4.90 Å². The fourth-order valence-electron chi connectivity index (χ4n) is 0.917. The predicted octanol–water partition coefficient (Wildman–Crippen LogP) is -0.0423. The summed E-state index contributed by atoms with van der Waals surface area (Å²) in [6, 6.07) is 0. The third kappa shape index (κ3) is 3.58. The van der Waals surface area contributed by atoms with E-state index in [0.717, 1.165) is 26.3 Å². The van der Waals surface area contributed by atoms with E-state index in [1.54, 1.807) is 0 Å². The zero-order chi connectivity index (χ0) is 5.82. The van der Waals surface area contributed by atoms with Crippen LogP contribution in [0.15, 0.2) is 0 Å². The Morgan fingerprint density at radius 1 is 1.33 bits per heavy atom. The van der Waals surface area contributed by atoms with Crippen LogP contribution in [0.4, 0.5) is 0 Å². The van der Waals surface area contributed by atoms with Crippen molar-refractivity contribution in [2.24, 2.45) is 0 Å². The fraction of sp³-hybridized carbons (Fsp3) is 1.00. The Labute approximate surface area is 78.8 Å². The number of likely N-dealkylation sites (N-methyl/N-ethyl adjacent to an activating group) is 1. The molecule has 1 aliphatic rings. The van der Waals surface area contributed by atoms with Crippen LogP contribution in [0.25, 0.3) is 0 Å². The topological polar surface area (TPSA) is 12.5 Å². The van der Waals surface area contributed by atoms with Crippen molar-refractivity contribution in [3.8, 4) is 0 Å². The van der Waals surface area contributed by atoms with Gasteiger partial charge in [-0.3, -0.25) is 4.90 Å². The maximum Gasteiger partial charge on any atom is 0.0594 e. The van der Waals surface area contributed by atoms with Crippen LogP contribution in [0.1, 0.15) is 6.92 Å². The molecular weight excluding hydrogens is 125 g/mol. The molecule has 1 aliphatic heterocycles. The molecule has 9 heavy (non-hydrogen) atoms. The SMILES string of the molecule is CCN1CCOCC1.[Na]. The minimum Gasteiger partial charge on any atom is -0.379 e. The van der Waals surface area contributed by atoms with Crippen LogP contribution in [-0.4, -0.2) is 67.3 Å². The molecule has 3 heteroatoms. The standard InChI is InChI=1S/C6H13NO.Na/c1-2-7-3-5-8-6-4-7;/h2-6H2,1H3;. The molecule has 0 aromatic carbocycles. The summed E-state index contributed by atoms with van der Waals surface area (Å²) in [6.45, 7) is 7.45. The van der Waals surface area contributed by atoms with Gasteiger partial charge in [0.15, 0.2) is 0 Å². The molecule has 1 heterocycles. The van der Waals surface area contributed by atoms with Crippen LogP contribution >= 0.6 is 0 Å². The Morgan fingerprint density at radius 3 is 2.22 bits per heavy atom. The first-order chi connectivity index (χ1) is 3.93. The first-order valence-electron chi connectivity index (χ1n) is 3.23. The van der Waals surface area contributed by atoms with Crippen LogP contribution < -0.4 is 0 Å². The molecule has 0 aliphatic carbocycles. The predicted molar refractivity (Wildman–Crippen MR) is 38.7 cm³/mol. The molecule has 0 amide bonds. The second-order valence-electron chi connectivity index (χ2n) is 2.05. The molecular formula is C6H13NNaO. The quantitative estimate of drug-likeness (QED) is 0.471. The van der Waals surface area contributed by atoms with Crippen molar-refractivity contribution in [2.45, 2.75) is 6.92 Å². The summed E-state index contributed by atoms with van der Waals surface area (Å²) < 4.78 is 5.16. The van der Waals surface area contributed by atoms with Crippen LogP contribution in [0, 0.1) is 0 Å². The second-order valence-corrected chi connectivity index (χ2v) is 2.05. The molecule has 0 atom stereocenters. The Morgan fingerprint density at radius 2 is 1.89 bits per heavy atom. The second kappa shape index (κ2) is 5.69. The van der Waals surface area contributed by atoms with Gasteiger partial charge in [-0.05, 0) is 6.54 Å². The maximum atomic E-state index is 5.16. The van der Waals surface area contributed by atoms with E-state index in [2.05, 4.69) is 11.8 Å². The average molecular weight is 138 g/mol. The first-order valence-corrected chi connectivity index (χ1v) is 3.23. The van der Waals surface area contributed by atoms with E-state index >= 15 is 0 Å². The number of ether oxygens (including phenoxy) is 1. The summed E-state index contributed by atoms with van der Waals surface area (Å²) in [5.41, 5.74) is 0. The van der Waals surface area contributed by atoms with Gasteiger partial charge in [0, 0.05) is 42.6 Å². The summed E-state index contributed by atoms with van der Waals surface area (Å²) in [4.78, 5) is 2.39. The zero-order valence-electron chi connectivity index (χ0n) is 6.39. The van der Waals surface area contributed by atoms with Crippen molar-refractivity contribution in [1.29, 1.82) is 0 Å². The number of rotatable bonds is 1. The molecule has 0 aromatic rings. The summed E-state index contributed by atoms with van der Waals surface area (Å²) >= 11 is 0. The van der Waals surface area contributed by atoms with Gasteiger partial charge in [0.1, 0.15) is 0 Å². The summed E-state index contributed by atoms with van der Waals surface area (Å²) in [5.74, 6) is 0. The average Bonchev–Trinajstić information content (AvgIpc) is 1.90. The third-order valence-corrected chi connectivity index (χ3v) is 1.55. The van der Waals surface area contributed by atoms with E-state index in [1.165, 1.54) is 6.54 Å². The van der Waals surface area contributed by atoms with E-state index in [0.29, 0.717) is 0 Å². The van der Waals surface area contributed by atoms with Gasteiger partial charge >= 0.3 is 0 Å². The molecule has 1 radical (unpaired) electrons. The molecule has 0 unspecified atom stereocenters. The Balaban J connectivity index is 0.000000640. The zero-order valence-corrected chi connectivity index (χ0v) is 8.39. The van der Waals surface area contributed by atoms with E-state index in [4.69, 9.17) is 4.74 Å². The normalized spacial score (nSPS) is 21.0. The maximum absolute atomic E-state index is 5.16. The van der Waals surface area contributed by atoms with Crippen LogP contribution in [0.2, 0.25) is 0 Å². The smallest absolute Gasteiger partial charge is 0.0594 e. The van der Waals surface area contributed by atoms with E-state index in [9.17, 15) is 0 Å². The molecule has 1 rings (SSSR count). The van der Waals surface area contributed by atoms with Crippen LogP contribution in [0.5, 0.6) is 0 Å². The fourth-order valence-corrected chi connectivity index (χ4v) is 0.917. The van der Waals surface area contributed by atoms with Gasteiger partial charge in [0.25, 0.3) is 0 Å². The number of nitrogens with zero attached hydrogens (tertiary/aromatic N) is 1. The molecule has 1 fully saturated rings. The van der Waals surface area contributed by atoms with Crippen molar-refractivity contribution in [3.63, 3.8) is 0 Å². The van der Waals surface area contributed by atoms with Crippen LogP contribution in [-0.2, 0) is 4.74 Å². The number of hydrogen-bond donors (Lipinski definition) is 0. The van der Waals surface area contributed by atoms with Gasteiger partial charge in [0.2, 0.25) is 0 Å². The molecule has 0 bridgehead atoms. The van der Waals surface area contributed by atoms with E-state index < -0.39 is 0 Å². The minimum absolute atomic E-state index is 0. The number of morpholine rings is 1. The van der Waals surface area contributed by atoms with Gasteiger partial charge in [-0.2, -0.15) is 0 Å². The number of hydrogen-bond acceptors (Lipinski definition) is 2. The Hall–Kier alpha value is 0.920. The Bertz CT molecular complexity index is 64.1. The van der Waals surface area contributed by atoms with Gasteiger partial charge in [-0.15, -0.1) is 0 Å². The summed E-state index contributed by atoms with van der Waals surface area (Å²) in [6.07, 6.45) is 0. The molecule has 1 saturated heterocycles. The summed E-state index contributed by atoms with van der Waals surface area (Å²) in [7, 11) is 0. The van der Waals surface area contributed by atoms with E-state index in [1.807, 2.05) is 0 Å². The van der Waals surface area contributed by atoms with Crippen molar-refractivity contribution < 1.29 is 4.74 Å². The first kappa shape index (κ1) is 9.92. The molecule has 0 N–H and O–H groups in total. The molecule has 0 aromatic heterocycles. The largest absolute Gasteiger partial charge is 0.379 e. The van der Waals surface area contributed by atoms with Gasteiger partial charge in [-0.1, -0.05) is 6.92 Å². The molecule has 49 valence electrons. The third-order valence-electron chi connectivity index (χ3n) is 1.55. The molecule has 0 spiro atoms. The van der Waals surface area contributed by atoms with Gasteiger partial charge in [0.05, 0.1) is 13.2 Å². The van der Waals surface area contributed by atoms with Gasteiger partial charge in [-0.25, -0.2) is 0 Å². The molecule has 2 nitrogen and oxygen atoms in total. The van der Waals surface area contributed by atoms with Crippen molar-refractivity contribution in [3.05, 3.63) is 0 Å². The summed E-state index contributed by atoms with van der Waals surface area (Å²) in [5, 5.41) is 0. The molecule has 0 saturated carbocycles. The Kier molecular flexibility index (Phi) is 6.27.